The summed E-state index contributed by atoms with van der Waals surface area (Å²) in [5.41, 5.74) is 1.04. The summed E-state index contributed by atoms with van der Waals surface area (Å²) in [4.78, 5) is 16.5. The predicted octanol–water partition coefficient (Wildman–Crippen LogP) is 1.73. The van der Waals surface area contributed by atoms with Crippen molar-refractivity contribution in [3.63, 3.8) is 0 Å². The van der Waals surface area contributed by atoms with Gasteiger partial charge >= 0.3 is 0 Å². The lowest BCUT2D eigenvalue weighted by Gasteiger charge is -2.36. The lowest BCUT2D eigenvalue weighted by Crippen LogP contribution is -2.51. The normalized spacial score (nSPS) is 16.5. The molecule has 0 aliphatic carbocycles. The van der Waals surface area contributed by atoms with Crippen LogP contribution in [0, 0.1) is 0 Å². The molecule has 5 nitrogen and oxygen atoms in total. The van der Waals surface area contributed by atoms with Gasteiger partial charge in [0.05, 0.1) is 13.7 Å². The van der Waals surface area contributed by atoms with Gasteiger partial charge in [-0.2, -0.15) is 0 Å². The molecule has 1 aromatic carbocycles. The predicted molar refractivity (Wildman–Crippen MR) is 89.5 cm³/mol. The average Bonchev–Trinajstić information content (AvgIpc) is 2.46. The van der Waals surface area contributed by atoms with Gasteiger partial charge in [0.1, 0.15) is 5.75 Å². The van der Waals surface area contributed by atoms with Crippen LogP contribution in [0.2, 0.25) is 0 Å². The third-order valence-corrected chi connectivity index (χ3v) is 3.69. The Kier molecular flexibility index (Phi) is 5.29. The van der Waals surface area contributed by atoms with E-state index in [1.807, 2.05) is 32.9 Å². The van der Waals surface area contributed by atoms with Crippen LogP contribution in [0.1, 0.15) is 20.8 Å². The van der Waals surface area contributed by atoms with E-state index in [0.717, 1.165) is 31.9 Å². The monoisotopic (exact) mass is 305 g/mol. The minimum Gasteiger partial charge on any atom is -0.497 e. The SMILES string of the molecule is COc1ccc(N2CCN(CC(=O)NC(C)(C)C)CC2)cc1. The summed E-state index contributed by atoms with van der Waals surface area (Å²) < 4.78 is 5.19. The standard InChI is InChI=1S/C17H27N3O2/c1-17(2,3)18-16(21)13-19-9-11-20(12-10-19)14-5-7-15(22-4)8-6-14/h5-8H,9-13H2,1-4H3,(H,18,21). The summed E-state index contributed by atoms with van der Waals surface area (Å²) in [6.07, 6.45) is 0. The molecule has 0 atom stereocenters. The van der Waals surface area contributed by atoms with Crippen LogP contribution >= 0.6 is 0 Å². The largest absolute Gasteiger partial charge is 0.497 e. The second-order valence-corrected chi connectivity index (χ2v) is 6.76. The first kappa shape index (κ1) is 16.6. The molecule has 1 fully saturated rings. The van der Waals surface area contributed by atoms with Gasteiger partial charge in [0.2, 0.25) is 5.91 Å². The Balaban J connectivity index is 1.81. The highest BCUT2D eigenvalue weighted by molar-refractivity contribution is 5.78. The number of methoxy groups -OCH3 is 1. The maximum absolute atomic E-state index is 12.0. The molecule has 1 aliphatic heterocycles. The molecular weight excluding hydrogens is 278 g/mol. The molecule has 1 N–H and O–H groups in total. The summed E-state index contributed by atoms with van der Waals surface area (Å²) in [5, 5.41) is 3.01. The van der Waals surface area contributed by atoms with Crippen LogP contribution in [-0.2, 0) is 4.79 Å². The number of hydrogen-bond donors (Lipinski definition) is 1. The Hall–Kier alpha value is -1.75. The number of rotatable bonds is 4. The highest BCUT2D eigenvalue weighted by Gasteiger charge is 2.21. The summed E-state index contributed by atoms with van der Waals surface area (Å²) >= 11 is 0. The molecule has 1 heterocycles. The molecular formula is C17H27N3O2. The number of hydrogen-bond acceptors (Lipinski definition) is 4. The molecule has 5 heteroatoms. The van der Waals surface area contributed by atoms with Crippen molar-refractivity contribution in [3.05, 3.63) is 24.3 Å². The summed E-state index contributed by atoms with van der Waals surface area (Å²) in [6, 6.07) is 8.14. The minimum atomic E-state index is -0.165. The first-order valence-corrected chi connectivity index (χ1v) is 7.80. The molecule has 1 saturated heterocycles. The maximum atomic E-state index is 12.0. The number of anilines is 1. The summed E-state index contributed by atoms with van der Waals surface area (Å²) in [6.45, 7) is 10.2. The third kappa shape index (κ3) is 4.91. The number of nitrogens with zero attached hydrogens (tertiary/aromatic N) is 2. The fraction of sp³-hybridized carbons (Fsp3) is 0.588. The van der Waals surface area contributed by atoms with Crippen molar-refractivity contribution < 1.29 is 9.53 Å². The number of ether oxygens (including phenoxy) is 1. The molecule has 1 aliphatic rings. The van der Waals surface area contributed by atoms with Gasteiger partial charge in [-0.15, -0.1) is 0 Å². The number of nitrogens with one attached hydrogen (secondary N) is 1. The van der Waals surface area contributed by atoms with Crippen LogP contribution in [0.25, 0.3) is 0 Å². The fourth-order valence-corrected chi connectivity index (χ4v) is 2.62. The average molecular weight is 305 g/mol. The van der Waals surface area contributed by atoms with Crippen molar-refractivity contribution in [2.45, 2.75) is 26.3 Å². The second kappa shape index (κ2) is 7.01. The molecule has 0 radical (unpaired) electrons. The molecule has 0 aromatic heterocycles. The van der Waals surface area contributed by atoms with Gasteiger partial charge in [-0.25, -0.2) is 0 Å². The highest BCUT2D eigenvalue weighted by atomic mass is 16.5. The topological polar surface area (TPSA) is 44.8 Å². The van der Waals surface area contributed by atoms with E-state index >= 15 is 0 Å². The molecule has 1 amide bonds. The zero-order chi connectivity index (χ0) is 16.2. The number of carbonyl (C=O) groups is 1. The van der Waals surface area contributed by atoms with Crippen LogP contribution in [0.5, 0.6) is 5.75 Å². The van der Waals surface area contributed by atoms with E-state index in [9.17, 15) is 4.79 Å². The maximum Gasteiger partial charge on any atom is 0.234 e. The van der Waals surface area contributed by atoms with Crippen LogP contribution in [0.3, 0.4) is 0 Å². The van der Waals surface area contributed by atoms with Gasteiger partial charge in [-0.3, -0.25) is 9.69 Å². The molecule has 0 spiro atoms. The zero-order valence-corrected chi connectivity index (χ0v) is 14.1. The lowest BCUT2D eigenvalue weighted by molar-refractivity contribution is -0.123. The molecule has 2 rings (SSSR count). The highest BCUT2D eigenvalue weighted by Crippen LogP contribution is 2.20. The van der Waals surface area contributed by atoms with E-state index in [-0.39, 0.29) is 11.4 Å². The van der Waals surface area contributed by atoms with Crippen LogP contribution in [0.4, 0.5) is 5.69 Å². The first-order valence-electron chi connectivity index (χ1n) is 7.80. The quantitative estimate of drug-likeness (QED) is 0.920. The lowest BCUT2D eigenvalue weighted by atomic mass is 10.1. The van der Waals surface area contributed by atoms with Crippen molar-refractivity contribution in [2.75, 3.05) is 44.7 Å². The van der Waals surface area contributed by atoms with E-state index < -0.39 is 0 Å². The Bertz CT molecular complexity index is 486. The fourth-order valence-electron chi connectivity index (χ4n) is 2.62. The number of piperazine rings is 1. The van der Waals surface area contributed by atoms with Crippen molar-refractivity contribution in [3.8, 4) is 5.75 Å². The molecule has 22 heavy (non-hydrogen) atoms. The van der Waals surface area contributed by atoms with Gasteiger partial charge in [0.15, 0.2) is 0 Å². The molecule has 0 bridgehead atoms. The third-order valence-electron chi connectivity index (χ3n) is 3.69. The zero-order valence-electron chi connectivity index (χ0n) is 14.1. The molecule has 0 unspecified atom stereocenters. The number of amides is 1. The second-order valence-electron chi connectivity index (χ2n) is 6.76. The van der Waals surface area contributed by atoms with Crippen molar-refractivity contribution in [2.24, 2.45) is 0 Å². The minimum absolute atomic E-state index is 0.102. The van der Waals surface area contributed by atoms with Crippen molar-refractivity contribution in [1.29, 1.82) is 0 Å². The van der Waals surface area contributed by atoms with Gasteiger partial charge in [-0.1, -0.05) is 0 Å². The Labute approximate surface area is 133 Å². The van der Waals surface area contributed by atoms with E-state index in [4.69, 9.17) is 4.74 Å². The van der Waals surface area contributed by atoms with Crippen molar-refractivity contribution >= 4 is 11.6 Å². The molecule has 1 aromatic rings. The van der Waals surface area contributed by atoms with Gasteiger partial charge in [0, 0.05) is 37.4 Å². The van der Waals surface area contributed by atoms with E-state index in [1.54, 1.807) is 7.11 Å². The van der Waals surface area contributed by atoms with E-state index in [0.29, 0.717) is 6.54 Å². The van der Waals surface area contributed by atoms with Gasteiger partial charge < -0.3 is 15.0 Å². The summed E-state index contributed by atoms with van der Waals surface area (Å²) in [7, 11) is 1.68. The van der Waals surface area contributed by atoms with Crippen molar-refractivity contribution in [1.82, 2.24) is 10.2 Å². The van der Waals surface area contributed by atoms with Gasteiger partial charge in [0.25, 0.3) is 0 Å². The van der Waals surface area contributed by atoms with Gasteiger partial charge in [-0.05, 0) is 45.0 Å². The Morgan fingerprint density at radius 3 is 2.23 bits per heavy atom. The molecule has 122 valence electrons. The summed E-state index contributed by atoms with van der Waals surface area (Å²) in [5.74, 6) is 0.978. The smallest absolute Gasteiger partial charge is 0.234 e. The molecule has 0 saturated carbocycles. The van der Waals surface area contributed by atoms with E-state index in [2.05, 4.69) is 27.2 Å². The first-order chi connectivity index (χ1) is 10.4. The van der Waals surface area contributed by atoms with Crippen LogP contribution in [0.15, 0.2) is 24.3 Å². The Morgan fingerprint density at radius 2 is 1.73 bits per heavy atom. The van der Waals surface area contributed by atoms with E-state index in [1.165, 1.54) is 5.69 Å². The Morgan fingerprint density at radius 1 is 1.14 bits per heavy atom. The van der Waals surface area contributed by atoms with Crippen LogP contribution in [-0.4, -0.2) is 56.2 Å². The number of benzene rings is 1. The van der Waals surface area contributed by atoms with Crippen LogP contribution < -0.4 is 15.0 Å². The number of carbonyl (C=O) groups excluding carboxylic acids is 1.